The van der Waals surface area contributed by atoms with Crippen molar-refractivity contribution < 1.29 is 4.79 Å². The van der Waals surface area contributed by atoms with Crippen LogP contribution in [0.25, 0.3) is 0 Å². The number of nitrogens with one attached hydrogen (secondary N) is 1. The highest BCUT2D eigenvalue weighted by molar-refractivity contribution is 5.95. The molecule has 0 aromatic carbocycles. The number of amides is 1. The van der Waals surface area contributed by atoms with Gasteiger partial charge in [0.2, 0.25) is 0 Å². The third kappa shape index (κ3) is 2.48. The Balaban J connectivity index is 2.08. The van der Waals surface area contributed by atoms with Gasteiger partial charge in [-0.3, -0.25) is 14.5 Å². The first-order chi connectivity index (χ1) is 8.58. The first-order valence-corrected chi connectivity index (χ1v) is 5.55. The SMILES string of the molecule is Cc1ncc(N)cc1C(=O)NCc1ccnn1C. The molecule has 6 heteroatoms. The molecule has 94 valence electrons. The fourth-order valence-corrected chi connectivity index (χ4v) is 1.62. The van der Waals surface area contributed by atoms with E-state index in [0.717, 1.165) is 5.69 Å². The lowest BCUT2D eigenvalue weighted by molar-refractivity contribution is 0.0949. The highest BCUT2D eigenvalue weighted by Gasteiger charge is 2.10. The first kappa shape index (κ1) is 12.1. The molecule has 0 aliphatic rings. The number of hydrogen-bond donors (Lipinski definition) is 2. The van der Waals surface area contributed by atoms with Crippen molar-refractivity contribution in [3.8, 4) is 0 Å². The maximum Gasteiger partial charge on any atom is 0.253 e. The zero-order chi connectivity index (χ0) is 13.1. The Labute approximate surface area is 105 Å². The summed E-state index contributed by atoms with van der Waals surface area (Å²) in [6.07, 6.45) is 3.22. The number of pyridine rings is 1. The minimum Gasteiger partial charge on any atom is -0.397 e. The zero-order valence-electron chi connectivity index (χ0n) is 10.3. The monoisotopic (exact) mass is 245 g/mol. The molecule has 0 fully saturated rings. The van der Waals surface area contributed by atoms with Crippen LogP contribution in [0.4, 0.5) is 5.69 Å². The number of rotatable bonds is 3. The normalized spacial score (nSPS) is 10.3. The predicted molar refractivity (Wildman–Crippen MR) is 67.8 cm³/mol. The summed E-state index contributed by atoms with van der Waals surface area (Å²) in [5.41, 5.74) is 8.19. The van der Waals surface area contributed by atoms with Crippen LogP contribution in [0.15, 0.2) is 24.5 Å². The third-order valence-electron chi connectivity index (χ3n) is 2.71. The lowest BCUT2D eigenvalue weighted by Gasteiger charge is -2.08. The van der Waals surface area contributed by atoms with Gasteiger partial charge in [-0.2, -0.15) is 5.10 Å². The van der Waals surface area contributed by atoms with E-state index >= 15 is 0 Å². The van der Waals surface area contributed by atoms with Crippen molar-refractivity contribution in [2.24, 2.45) is 7.05 Å². The quantitative estimate of drug-likeness (QED) is 0.830. The van der Waals surface area contributed by atoms with Crippen molar-refractivity contribution in [2.45, 2.75) is 13.5 Å². The van der Waals surface area contributed by atoms with Gasteiger partial charge in [0, 0.05) is 13.2 Å². The van der Waals surface area contributed by atoms with E-state index in [1.165, 1.54) is 6.20 Å². The molecule has 1 amide bonds. The van der Waals surface area contributed by atoms with Gasteiger partial charge >= 0.3 is 0 Å². The summed E-state index contributed by atoms with van der Waals surface area (Å²) in [5.74, 6) is -0.187. The van der Waals surface area contributed by atoms with Gasteiger partial charge in [-0.25, -0.2) is 0 Å². The molecule has 2 heterocycles. The van der Waals surface area contributed by atoms with E-state index in [9.17, 15) is 4.79 Å². The van der Waals surface area contributed by atoms with Crippen LogP contribution in [-0.2, 0) is 13.6 Å². The van der Waals surface area contributed by atoms with Crippen LogP contribution in [0, 0.1) is 6.92 Å². The number of carbonyl (C=O) groups is 1. The summed E-state index contributed by atoms with van der Waals surface area (Å²) in [6, 6.07) is 3.48. The van der Waals surface area contributed by atoms with Crippen LogP contribution < -0.4 is 11.1 Å². The van der Waals surface area contributed by atoms with E-state index in [-0.39, 0.29) is 5.91 Å². The Morgan fingerprint density at radius 1 is 1.56 bits per heavy atom. The smallest absolute Gasteiger partial charge is 0.253 e. The maximum absolute atomic E-state index is 12.0. The Morgan fingerprint density at radius 2 is 2.33 bits per heavy atom. The summed E-state index contributed by atoms with van der Waals surface area (Å²) >= 11 is 0. The fraction of sp³-hybridized carbons (Fsp3) is 0.250. The second kappa shape index (κ2) is 4.87. The van der Waals surface area contributed by atoms with E-state index in [2.05, 4.69) is 15.4 Å². The van der Waals surface area contributed by atoms with Crippen LogP contribution in [0.3, 0.4) is 0 Å². The van der Waals surface area contributed by atoms with E-state index in [1.54, 1.807) is 23.9 Å². The highest BCUT2D eigenvalue weighted by atomic mass is 16.1. The molecule has 0 aliphatic carbocycles. The van der Waals surface area contributed by atoms with Crippen LogP contribution in [-0.4, -0.2) is 20.7 Å². The van der Waals surface area contributed by atoms with Gasteiger partial charge in [-0.15, -0.1) is 0 Å². The Morgan fingerprint density at radius 3 is 3.00 bits per heavy atom. The Kier molecular flexibility index (Phi) is 3.27. The van der Waals surface area contributed by atoms with Crippen molar-refractivity contribution in [3.05, 3.63) is 41.5 Å². The van der Waals surface area contributed by atoms with Crippen molar-refractivity contribution in [3.63, 3.8) is 0 Å². The second-order valence-electron chi connectivity index (χ2n) is 4.03. The van der Waals surface area contributed by atoms with E-state index in [4.69, 9.17) is 5.73 Å². The molecule has 0 unspecified atom stereocenters. The average molecular weight is 245 g/mol. The minimum absolute atomic E-state index is 0.187. The lowest BCUT2D eigenvalue weighted by atomic mass is 10.2. The maximum atomic E-state index is 12.0. The van der Waals surface area contributed by atoms with Gasteiger partial charge in [0.05, 0.1) is 35.4 Å². The van der Waals surface area contributed by atoms with Gasteiger partial charge in [0.1, 0.15) is 0 Å². The molecule has 2 aromatic rings. The molecule has 3 N–H and O–H groups in total. The standard InChI is InChI=1S/C12H15N5O/c1-8-11(5-9(13)6-14-8)12(18)15-7-10-3-4-16-17(10)2/h3-6H,7,13H2,1-2H3,(H,15,18). The second-order valence-corrected chi connectivity index (χ2v) is 4.03. The average Bonchev–Trinajstić information content (AvgIpc) is 2.75. The molecule has 0 radical (unpaired) electrons. The zero-order valence-corrected chi connectivity index (χ0v) is 10.3. The van der Waals surface area contributed by atoms with E-state index in [1.807, 2.05) is 13.1 Å². The fourth-order valence-electron chi connectivity index (χ4n) is 1.62. The third-order valence-corrected chi connectivity index (χ3v) is 2.71. The number of carbonyl (C=O) groups excluding carboxylic acids is 1. The minimum atomic E-state index is -0.187. The molecule has 6 nitrogen and oxygen atoms in total. The van der Waals surface area contributed by atoms with Gasteiger partial charge in [0.15, 0.2) is 0 Å². The summed E-state index contributed by atoms with van der Waals surface area (Å²) in [4.78, 5) is 16.0. The molecule has 2 rings (SSSR count). The highest BCUT2D eigenvalue weighted by Crippen LogP contribution is 2.09. The van der Waals surface area contributed by atoms with Crippen LogP contribution in [0.5, 0.6) is 0 Å². The molecule has 0 saturated carbocycles. The summed E-state index contributed by atoms with van der Waals surface area (Å²) in [5, 5.41) is 6.85. The molecular formula is C12H15N5O. The molecular weight excluding hydrogens is 230 g/mol. The summed E-state index contributed by atoms with van der Waals surface area (Å²) < 4.78 is 1.71. The van der Waals surface area contributed by atoms with Crippen molar-refractivity contribution in [2.75, 3.05) is 5.73 Å². The molecule has 0 bridgehead atoms. The number of nitrogens with two attached hydrogens (primary N) is 1. The molecule has 0 aliphatic heterocycles. The largest absolute Gasteiger partial charge is 0.397 e. The number of nitrogen functional groups attached to an aromatic ring is 1. The van der Waals surface area contributed by atoms with Crippen molar-refractivity contribution >= 4 is 11.6 Å². The molecule has 18 heavy (non-hydrogen) atoms. The van der Waals surface area contributed by atoms with Crippen molar-refractivity contribution in [1.29, 1.82) is 0 Å². The molecule has 2 aromatic heterocycles. The molecule has 0 saturated heterocycles. The van der Waals surface area contributed by atoms with Crippen molar-refractivity contribution in [1.82, 2.24) is 20.1 Å². The lowest BCUT2D eigenvalue weighted by Crippen LogP contribution is -2.25. The van der Waals surface area contributed by atoms with Crippen LogP contribution in [0.1, 0.15) is 21.7 Å². The van der Waals surface area contributed by atoms with Gasteiger partial charge < -0.3 is 11.1 Å². The van der Waals surface area contributed by atoms with Gasteiger partial charge in [-0.05, 0) is 19.1 Å². The van der Waals surface area contributed by atoms with Gasteiger partial charge in [0.25, 0.3) is 5.91 Å². The van der Waals surface area contributed by atoms with Crippen LogP contribution >= 0.6 is 0 Å². The van der Waals surface area contributed by atoms with Crippen LogP contribution in [0.2, 0.25) is 0 Å². The number of hydrogen-bond acceptors (Lipinski definition) is 4. The Bertz CT molecular complexity index is 576. The number of aryl methyl sites for hydroxylation is 2. The molecule has 0 atom stereocenters. The first-order valence-electron chi connectivity index (χ1n) is 5.55. The van der Waals surface area contributed by atoms with E-state index in [0.29, 0.717) is 23.5 Å². The predicted octanol–water partition coefficient (Wildman–Crippen LogP) is 0.636. The summed E-state index contributed by atoms with van der Waals surface area (Å²) in [6.45, 7) is 2.20. The van der Waals surface area contributed by atoms with Gasteiger partial charge in [-0.1, -0.05) is 0 Å². The Hall–Kier alpha value is -2.37. The number of aromatic nitrogens is 3. The number of nitrogens with zero attached hydrogens (tertiary/aromatic N) is 3. The summed E-state index contributed by atoms with van der Waals surface area (Å²) in [7, 11) is 1.83. The van der Waals surface area contributed by atoms with E-state index < -0.39 is 0 Å². The molecule has 0 spiro atoms. The number of anilines is 1. The topological polar surface area (TPSA) is 85.8 Å².